The Balaban J connectivity index is 1.47. The van der Waals surface area contributed by atoms with E-state index in [9.17, 15) is 0 Å². The van der Waals surface area contributed by atoms with Gasteiger partial charge in [0.05, 0.1) is 0 Å². The second-order valence-electron chi connectivity index (χ2n) is 5.72. The zero-order chi connectivity index (χ0) is 15.6. The molecule has 0 aliphatic carbocycles. The van der Waals surface area contributed by atoms with Gasteiger partial charge in [-0.25, -0.2) is 4.98 Å². The Bertz CT molecular complexity index is 795. The molecule has 0 spiro atoms. The van der Waals surface area contributed by atoms with Crippen LogP contribution in [0.4, 0.5) is 5.82 Å². The quantitative estimate of drug-likeness (QED) is 0.744. The summed E-state index contributed by atoms with van der Waals surface area (Å²) in [6.45, 7) is 4.85. The van der Waals surface area contributed by atoms with E-state index in [1.165, 1.54) is 5.56 Å². The number of nitrogens with zero attached hydrogens (tertiary/aromatic N) is 4. The molecule has 3 aromatic rings. The number of fused-ring (bicyclic) bond motifs is 1. The zero-order valence-corrected chi connectivity index (χ0v) is 13.4. The number of hydrogen-bond acceptors (Lipinski definition) is 4. The van der Waals surface area contributed by atoms with Crippen molar-refractivity contribution in [1.82, 2.24) is 19.9 Å². The molecule has 6 nitrogen and oxygen atoms in total. The summed E-state index contributed by atoms with van der Waals surface area (Å²) in [6, 6.07) is 10.6. The molecule has 1 aliphatic rings. The first kappa shape index (κ1) is 14.4. The number of hydrogen-bond donors (Lipinski definition) is 1. The van der Waals surface area contributed by atoms with Crippen LogP contribution in [0.2, 0.25) is 5.28 Å². The first-order valence-corrected chi connectivity index (χ1v) is 8.11. The summed E-state index contributed by atoms with van der Waals surface area (Å²) in [5, 5.41) is 0.273. The van der Waals surface area contributed by atoms with Gasteiger partial charge in [0.25, 0.3) is 0 Å². The Labute approximate surface area is 139 Å². The Morgan fingerprint density at radius 3 is 2.65 bits per heavy atom. The third kappa shape index (κ3) is 3.00. The van der Waals surface area contributed by atoms with Crippen LogP contribution in [0.15, 0.2) is 36.7 Å². The monoisotopic (exact) mass is 329 g/mol. The van der Waals surface area contributed by atoms with Crippen molar-refractivity contribution < 1.29 is 4.98 Å². The molecule has 1 fully saturated rings. The maximum atomic E-state index is 6.04. The van der Waals surface area contributed by atoms with E-state index in [0.29, 0.717) is 0 Å². The van der Waals surface area contributed by atoms with Gasteiger partial charge in [-0.15, -0.1) is 0 Å². The van der Waals surface area contributed by atoms with Gasteiger partial charge < -0.3 is 4.90 Å². The van der Waals surface area contributed by atoms with Crippen molar-refractivity contribution in [3.8, 4) is 0 Å². The molecule has 0 unspecified atom stereocenters. The van der Waals surface area contributed by atoms with Crippen LogP contribution in [0, 0.1) is 0 Å². The van der Waals surface area contributed by atoms with Gasteiger partial charge in [0.1, 0.15) is 0 Å². The number of halogens is 1. The molecule has 1 saturated heterocycles. The van der Waals surface area contributed by atoms with Crippen LogP contribution in [0.25, 0.3) is 11.2 Å². The SMILES string of the molecule is Clc1nc(N2CCN(Cc3ccccc3)CC2)c2[nH]c[nH+]c2n1. The van der Waals surface area contributed by atoms with Crippen molar-refractivity contribution in [1.29, 1.82) is 0 Å². The molecule has 0 atom stereocenters. The topological polar surface area (TPSA) is 62.2 Å². The Morgan fingerprint density at radius 1 is 1.09 bits per heavy atom. The molecule has 23 heavy (non-hydrogen) atoms. The second kappa shape index (κ2) is 6.14. The first-order chi connectivity index (χ1) is 11.3. The van der Waals surface area contributed by atoms with Gasteiger partial charge in [-0.1, -0.05) is 35.3 Å². The van der Waals surface area contributed by atoms with E-state index < -0.39 is 0 Å². The van der Waals surface area contributed by atoms with Crippen molar-refractivity contribution in [3.05, 3.63) is 47.5 Å². The molecule has 0 bridgehead atoms. The highest BCUT2D eigenvalue weighted by Gasteiger charge is 2.24. The van der Waals surface area contributed by atoms with E-state index in [1.54, 1.807) is 6.33 Å². The maximum Gasteiger partial charge on any atom is 0.306 e. The first-order valence-electron chi connectivity index (χ1n) is 7.73. The van der Waals surface area contributed by atoms with E-state index in [1.807, 2.05) is 0 Å². The average Bonchev–Trinajstić information content (AvgIpc) is 3.04. The van der Waals surface area contributed by atoms with Crippen LogP contribution >= 0.6 is 11.6 Å². The molecule has 3 heterocycles. The number of nitrogens with one attached hydrogen (secondary N) is 2. The number of rotatable bonds is 3. The fourth-order valence-corrected chi connectivity index (χ4v) is 3.19. The number of anilines is 1. The molecular formula is C16H18ClN6+. The van der Waals surface area contributed by atoms with Gasteiger partial charge in [-0.05, 0) is 17.2 Å². The van der Waals surface area contributed by atoms with Gasteiger partial charge >= 0.3 is 10.9 Å². The van der Waals surface area contributed by atoms with E-state index in [4.69, 9.17) is 11.6 Å². The summed E-state index contributed by atoms with van der Waals surface area (Å²) in [5.74, 6) is 0.876. The van der Waals surface area contributed by atoms with Crippen LogP contribution in [-0.2, 0) is 6.54 Å². The fraction of sp³-hybridized carbons (Fsp3) is 0.312. The molecule has 0 radical (unpaired) electrons. The normalized spacial score (nSPS) is 16.1. The van der Waals surface area contributed by atoms with E-state index >= 15 is 0 Å². The summed E-state index contributed by atoms with van der Waals surface area (Å²) in [6.07, 6.45) is 1.75. The van der Waals surface area contributed by atoms with Crippen LogP contribution in [-0.4, -0.2) is 46.0 Å². The lowest BCUT2D eigenvalue weighted by atomic mass is 10.2. The molecule has 118 valence electrons. The van der Waals surface area contributed by atoms with Crippen molar-refractivity contribution in [2.45, 2.75) is 6.54 Å². The van der Waals surface area contributed by atoms with E-state index in [-0.39, 0.29) is 5.28 Å². The number of aromatic amines is 2. The molecule has 4 rings (SSSR count). The number of H-pyrrole nitrogens is 2. The van der Waals surface area contributed by atoms with Gasteiger partial charge in [-0.2, -0.15) is 4.98 Å². The van der Waals surface area contributed by atoms with E-state index in [2.05, 4.69) is 60.1 Å². The molecule has 2 aromatic heterocycles. The lowest BCUT2D eigenvalue weighted by Crippen LogP contribution is -2.46. The average molecular weight is 330 g/mol. The van der Waals surface area contributed by atoms with Gasteiger partial charge in [-0.3, -0.25) is 9.88 Å². The third-order valence-electron chi connectivity index (χ3n) is 4.21. The van der Waals surface area contributed by atoms with Crippen LogP contribution < -0.4 is 9.88 Å². The predicted molar refractivity (Wildman–Crippen MR) is 89.4 cm³/mol. The molecule has 7 heteroatoms. The smallest absolute Gasteiger partial charge is 0.306 e. The van der Waals surface area contributed by atoms with Crippen LogP contribution in [0.3, 0.4) is 0 Å². The lowest BCUT2D eigenvalue weighted by molar-refractivity contribution is -0.347. The molecule has 2 N–H and O–H groups in total. The minimum atomic E-state index is 0.273. The molecular weight excluding hydrogens is 312 g/mol. The van der Waals surface area contributed by atoms with Crippen molar-refractivity contribution in [2.24, 2.45) is 0 Å². The highest BCUT2D eigenvalue weighted by Crippen LogP contribution is 2.23. The third-order valence-corrected chi connectivity index (χ3v) is 4.38. The minimum absolute atomic E-state index is 0.273. The minimum Gasteiger partial charge on any atom is -0.351 e. The lowest BCUT2D eigenvalue weighted by Gasteiger charge is -2.35. The van der Waals surface area contributed by atoms with Crippen LogP contribution in [0.5, 0.6) is 0 Å². The maximum absolute atomic E-state index is 6.04. The zero-order valence-electron chi connectivity index (χ0n) is 12.7. The summed E-state index contributed by atoms with van der Waals surface area (Å²) < 4.78 is 0. The Kier molecular flexibility index (Phi) is 3.85. The summed E-state index contributed by atoms with van der Waals surface area (Å²) in [5.41, 5.74) is 3.00. The number of aromatic nitrogens is 4. The largest absolute Gasteiger partial charge is 0.351 e. The number of imidazole rings is 1. The van der Waals surface area contributed by atoms with Crippen molar-refractivity contribution in [2.75, 3.05) is 31.1 Å². The predicted octanol–water partition coefficient (Wildman–Crippen LogP) is 1.75. The Morgan fingerprint density at radius 2 is 1.87 bits per heavy atom. The van der Waals surface area contributed by atoms with Crippen molar-refractivity contribution >= 4 is 28.6 Å². The van der Waals surface area contributed by atoms with Gasteiger partial charge in [0.15, 0.2) is 12.1 Å². The standard InChI is InChI=1S/C16H17ClN6/c17-16-20-14-13(18-11-19-14)15(21-16)23-8-6-22(7-9-23)10-12-4-2-1-3-5-12/h1-5,11H,6-10H2,(H,18,19,20,21)/p+1. The number of piperazine rings is 1. The summed E-state index contributed by atoms with van der Waals surface area (Å²) >= 11 is 6.04. The molecule has 0 amide bonds. The van der Waals surface area contributed by atoms with Gasteiger partial charge in [0, 0.05) is 32.7 Å². The molecule has 1 aliphatic heterocycles. The van der Waals surface area contributed by atoms with Crippen molar-refractivity contribution in [3.63, 3.8) is 0 Å². The highest BCUT2D eigenvalue weighted by molar-refractivity contribution is 6.28. The second-order valence-corrected chi connectivity index (χ2v) is 6.06. The highest BCUT2D eigenvalue weighted by atomic mass is 35.5. The van der Waals surface area contributed by atoms with Crippen LogP contribution in [0.1, 0.15) is 5.56 Å². The fourth-order valence-electron chi connectivity index (χ4n) is 3.02. The number of benzene rings is 1. The van der Waals surface area contributed by atoms with Gasteiger partial charge in [0.2, 0.25) is 5.52 Å². The Hall–Kier alpha value is -2.18. The summed E-state index contributed by atoms with van der Waals surface area (Å²) in [7, 11) is 0. The van der Waals surface area contributed by atoms with E-state index in [0.717, 1.165) is 49.7 Å². The summed E-state index contributed by atoms with van der Waals surface area (Å²) in [4.78, 5) is 19.6. The molecule has 1 aromatic carbocycles. The molecule has 0 saturated carbocycles.